The number of carbonyl (C=O) groups is 2. The fourth-order valence-electron chi connectivity index (χ4n) is 3.21. The minimum Gasteiger partial charge on any atom is -0.468 e. The number of rotatable bonds is 5. The maximum Gasteiger partial charge on any atom is 0.416 e. The zero-order chi connectivity index (χ0) is 22.2. The van der Waals surface area contributed by atoms with Crippen LogP contribution in [0.1, 0.15) is 22.5 Å². The Labute approximate surface area is 180 Å². The van der Waals surface area contributed by atoms with Crippen molar-refractivity contribution in [1.82, 2.24) is 0 Å². The minimum absolute atomic E-state index is 0.122. The number of furan rings is 1. The summed E-state index contributed by atoms with van der Waals surface area (Å²) in [5.41, 5.74) is 0.613. The largest absolute Gasteiger partial charge is 0.468 e. The highest BCUT2D eigenvalue weighted by atomic mass is 32.2. The molecule has 1 aromatic heterocycles. The number of imide groups is 1. The summed E-state index contributed by atoms with van der Waals surface area (Å²) in [4.78, 5) is 27.4. The number of halogens is 3. The zero-order valence-electron chi connectivity index (χ0n) is 16.3. The minimum atomic E-state index is -4.59. The molecule has 8 heteroatoms. The lowest BCUT2D eigenvalue weighted by Crippen LogP contribution is -2.31. The van der Waals surface area contributed by atoms with E-state index in [2.05, 4.69) is 0 Å². The molecule has 0 unspecified atom stereocenters. The van der Waals surface area contributed by atoms with Crippen LogP contribution in [0.25, 0.3) is 5.57 Å². The monoisotopic (exact) mass is 443 g/mol. The van der Waals surface area contributed by atoms with Crippen molar-refractivity contribution in [2.75, 3.05) is 4.90 Å². The van der Waals surface area contributed by atoms with Gasteiger partial charge in [0.25, 0.3) is 11.8 Å². The van der Waals surface area contributed by atoms with E-state index in [1.165, 1.54) is 18.4 Å². The number of aryl methyl sites for hydroxylation is 1. The number of anilines is 1. The summed E-state index contributed by atoms with van der Waals surface area (Å²) in [7, 11) is 0. The molecule has 0 bridgehead atoms. The predicted molar refractivity (Wildman–Crippen MR) is 112 cm³/mol. The van der Waals surface area contributed by atoms with Gasteiger partial charge in [0.2, 0.25) is 0 Å². The van der Waals surface area contributed by atoms with Crippen LogP contribution in [-0.2, 0) is 21.5 Å². The molecule has 0 radical (unpaired) electrons. The number of thioether (sulfide) groups is 1. The summed E-state index contributed by atoms with van der Waals surface area (Å²) in [6.45, 7) is 1.89. The van der Waals surface area contributed by atoms with Gasteiger partial charge in [-0.15, -0.1) is 11.8 Å². The van der Waals surface area contributed by atoms with Crippen molar-refractivity contribution in [3.8, 4) is 0 Å². The first-order valence-electron chi connectivity index (χ1n) is 9.28. The van der Waals surface area contributed by atoms with E-state index in [9.17, 15) is 22.8 Å². The normalized spacial score (nSPS) is 14.6. The molecule has 2 amide bonds. The molecule has 31 heavy (non-hydrogen) atoms. The van der Waals surface area contributed by atoms with Crippen molar-refractivity contribution in [1.29, 1.82) is 0 Å². The Kier molecular flexibility index (Phi) is 5.49. The number of carbonyl (C=O) groups excluding carboxylic acids is 2. The zero-order valence-corrected chi connectivity index (χ0v) is 17.1. The van der Waals surface area contributed by atoms with Crippen LogP contribution in [0.2, 0.25) is 0 Å². The third-order valence-corrected chi connectivity index (χ3v) is 5.85. The molecule has 2 aromatic carbocycles. The van der Waals surface area contributed by atoms with Gasteiger partial charge in [-0.05, 0) is 42.8 Å². The van der Waals surface area contributed by atoms with Gasteiger partial charge in [0.1, 0.15) is 5.76 Å². The van der Waals surface area contributed by atoms with E-state index in [4.69, 9.17) is 4.42 Å². The van der Waals surface area contributed by atoms with Gasteiger partial charge in [-0.25, -0.2) is 4.90 Å². The fourth-order valence-corrected chi connectivity index (χ4v) is 4.23. The number of nitrogens with zero attached hydrogens (tertiary/aromatic N) is 1. The Balaban J connectivity index is 1.75. The van der Waals surface area contributed by atoms with Gasteiger partial charge in [0.15, 0.2) is 0 Å². The van der Waals surface area contributed by atoms with Gasteiger partial charge in [-0.3, -0.25) is 9.59 Å². The third kappa shape index (κ3) is 4.16. The van der Waals surface area contributed by atoms with Gasteiger partial charge >= 0.3 is 6.18 Å². The van der Waals surface area contributed by atoms with Crippen molar-refractivity contribution >= 4 is 34.8 Å². The maximum atomic E-state index is 13.3. The Bertz CT molecular complexity index is 1170. The molecular weight excluding hydrogens is 427 g/mol. The van der Waals surface area contributed by atoms with Gasteiger partial charge in [0.05, 0.1) is 33.7 Å². The van der Waals surface area contributed by atoms with Crippen LogP contribution in [-0.4, -0.2) is 11.8 Å². The van der Waals surface area contributed by atoms with Crippen LogP contribution in [0.4, 0.5) is 18.9 Å². The topological polar surface area (TPSA) is 50.5 Å². The molecule has 0 saturated carbocycles. The first-order chi connectivity index (χ1) is 14.8. The Morgan fingerprint density at radius 1 is 0.968 bits per heavy atom. The number of hydrogen-bond acceptors (Lipinski definition) is 4. The van der Waals surface area contributed by atoms with Crippen LogP contribution >= 0.6 is 11.8 Å². The summed E-state index contributed by atoms with van der Waals surface area (Å²) in [5, 5.41) is 0. The summed E-state index contributed by atoms with van der Waals surface area (Å²) in [5.74, 6) is -0.405. The van der Waals surface area contributed by atoms with Crippen LogP contribution < -0.4 is 4.90 Å². The van der Waals surface area contributed by atoms with E-state index in [1.807, 2.05) is 19.1 Å². The number of alkyl halides is 3. The van der Waals surface area contributed by atoms with Gasteiger partial charge in [0, 0.05) is 0 Å². The number of amides is 2. The van der Waals surface area contributed by atoms with Gasteiger partial charge < -0.3 is 4.42 Å². The molecular formula is C23H16F3NO3S. The summed E-state index contributed by atoms with van der Waals surface area (Å²) < 4.78 is 44.8. The second-order valence-corrected chi connectivity index (χ2v) is 7.92. The second kappa shape index (κ2) is 8.11. The Morgan fingerprint density at radius 2 is 1.71 bits per heavy atom. The number of benzene rings is 2. The molecule has 4 rings (SSSR count). The average molecular weight is 443 g/mol. The predicted octanol–water partition coefficient (Wildman–Crippen LogP) is 5.82. The van der Waals surface area contributed by atoms with Crippen LogP contribution in [0, 0.1) is 6.92 Å². The van der Waals surface area contributed by atoms with Crippen LogP contribution in [0.15, 0.2) is 76.2 Å². The Morgan fingerprint density at radius 3 is 2.35 bits per heavy atom. The van der Waals surface area contributed by atoms with Crippen LogP contribution in [0.5, 0.6) is 0 Å². The molecule has 4 nitrogen and oxygen atoms in total. The SMILES string of the molecule is Cc1ccc(C2=C(SCc3ccco3)C(=O)N(c3cccc(C(F)(F)F)c3)C2=O)cc1. The highest BCUT2D eigenvalue weighted by Crippen LogP contribution is 2.41. The molecule has 0 atom stereocenters. The quantitative estimate of drug-likeness (QED) is 0.466. The lowest BCUT2D eigenvalue weighted by molar-refractivity contribution is -0.137. The summed E-state index contributed by atoms with van der Waals surface area (Å²) >= 11 is 1.12. The van der Waals surface area contributed by atoms with Crippen molar-refractivity contribution in [2.45, 2.75) is 18.9 Å². The summed E-state index contributed by atoms with van der Waals surface area (Å²) in [6.07, 6.45) is -3.09. The van der Waals surface area contributed by atoms with E-state index in [0.29, 0.717) is 17.1 Å². The van der Waals surface area contributed by atoms with Crippen LogP contribution in [0.3, 0.4) is 0 Å². The molecule has 1 aliphatic heterocycles. The standard InChI is InChI=1S/C23H16F3NO3S/c1-14-7-9-15(10-8-14)19-20(31-13-18-6-3-11-30-18)22(29)27(21(19)28)17-5-2-4-16(12-17)23(24,25)26/h2-12H,13H2,1H3. The van der Waals surface area contributed by atoms with E-state index < -0.39 is 23.6 Å². The molecule has 158 valence electrons. The van der Waals surface area contributed by atoms with E-state index in [1.54, 1.807) is 24.3 Å². The average Bonchev–Trinajstić information content (AvgIpc) is 3.33. The Hall–Kier alpha value is -3.26. The maximum absolute atomic E-state index is 13.3. The van der Waals surface area contributed by atoms with E-state index in [0.717, 1.165) is 34.4 Å². The molecule has 0 N–H and O–H groups in total. The van der Waals surface area contributed by atoms with E-state index in [-0.39, 0.29) is 16.2 Å². The van der Waals surface area contributed by atoms with Gasteiger partial charge in [-0.1, -0.05) is 35.9 Å². The molecule has 0 aliphatic carbocycles. The smallest absolute Gasteiger partial charge is 0.416 e. The fraction of sp³-hybridized carbons (Fsp3) is 0.130. The molecule has 2 heterocycles. The number of hydrogen-bond donors (Lipinski definition) is 0. The molecule has 0 saturated heterocycles. The molecule has 1 aliphatic rings. The van der Waals surface area contributed by atoms with Crippen molar-refractivity contribution in [2.24, 2.45) is 0 Å². The highest BCUT2D eigenvalue weighted by Gasteiger charge is 2.41. The molecule has 3 aromatic rings. The van der Waals surface area contributed by atoms with Crippen molar-refractivity contribution in [3.63, 3.8) is 0 Å². The van der Waals surface area contributed by atoms with E-state index >= 15 is 0 Å². The highest BCUT2D eigenvalue weighted by molar-refractivity contribution is 8.03. The van der Waals surface area contributed by atoms with Crippen molar-refractivity contribution in [3.05, 3.63) is 94.3 Å². The second-order valence-electron chi connectivity index (χ2n) is 6.93. The third-order valence-electron chi connectivity index (χ3n) is 4.75. The first-order valence-corrected chi connectivity index (χ1v) is 10.3. The van der Waals surface area contributed by atoms with Gasteiger partial charge in [-0.2, -0.15) is 13.2 Å². The molecule has 0 fully saturated rings. The lowest BCUT2D eigenvalue weighted by atomic mass is 10.0. The lowest BCUT2D eigenvalue weighted by Gasteiger charge is -2.17. The molecule has 0 spiro atoms. The summed E-state index contributed by atoms with van der Waals surface area (Å²) in [6, 6.07) is 14.7. The van der Waals surface area contributed by atoms with Crippen molar-refractivity contribution < 1.29 is 27.2 Å². The first kappa shape index (κ1) is 21.0.